The Kier molecular flexibility index (Phi) is 4.71. The number of carbonyl (C=O) groups excluding carboxylic acids is 1. The van der Waals surface area contributed by atoms with Crippen molar-refractivity contribution in [3.63, 3.8) is 0 Å². The molecule has 1 aliphatic rings. The Balaban J connectivity index is 1.91. The molecule has 0 spiro atoms. The van der Waals surface area contributed by atoms with E-state index in [0.717, 1.165) is 30.5 Å². The minimum atomic E-state index is -3.22. The molecule has 1 atom stereocenters. The largest absolute Gasteiger partial charge is 0.507 e. The number of likely N-dealkylation sites (N-methyl/N-ethyl adjacent to an activating group) is 1. The Bertz CT molecular complexity index is 911. The van der Waals surface area contributed by atoms with Gasteiger partial charge in [0.2, 0.25) is 10.0 Å². The quantitative estimate of drug-likeness (QED) is 0.844. The number of nitrogens with zero attached hydrogens (tertiary/aromatic N) is 2. The fraction of sp³-hybridized carbons (Fsp3) is 0.389. The van der Waals surface area contributed by atoms with Gasteiger partial charge in [0.15, 0.2) is 6.29 Å². The molecule has 0 aliphatic carbocycles. The molecular formula is C18H22N2O4S. The molecular weight excluding hydrogens is 340 g/mol. The van der Waals surface area contributed by atoms with Crippen molar-refractivity contribution in [1.82, 2.24) is 4.31 Å². The maximum absolute atomic E-state index is 11.8. The first-order valence-electron chi connectivity index (χ1n) is 8.20. The summed E-state index contributed by atoms with van der Waals surface area (Å²) in [5, 5.41) is 11.4. The second-order valence-corrected chi connectivity index (χ2v) is 8.58. The molecule has 2 aromatic carbocycles. The normalized spacial score (nSPS) is 18.7. The van der Waals surface area contributed by atoms with Crippen molar-refractivity contribution < 1.29 is 18.3 Å². The summed E-state index contributed by atoms with van der Waals surface area (Å²) in [5.41, 5.74) is 1.28. The predicted octanol–water partition coefficient (Wildman–Crippen LogP) is 2.22. The van der Waals surface area contributed by atoms with Gasteiger partial charge in [0, 0.05) is 31.9 Å². The number of aromatic hydroxyl groups is 1. The number of phenols is 1. The van der Waals surface area contributed by atoms with Gasteiger partial charge in [0.25, 0.3) is 0 Å². The number of fused-ring (bicyclic) bond motifs is 1. The number of rotatable bonds is 4. The van der Waals surface area contributed by atoms with Gasteiger partial charge in [-0.25, -0.2) is 12.7 Å². The zero-order valence-corrected chi connectivity index (χ0v) is 15.2. The summed E-state index contributed by atoms with van der Waals surface area (Å²) in [4.78, 5) is 13.4. The summed E-state index contributed by atoms with van der Waals surface area (Å²) in [5.74, 6) is -0.0249. The molecule has 6 nitrogen and oxygen atoms in total. The lowest BCUT2D eigenvalue weighted by Gasteiger charge is -2.38. The predicted molar refractivity (Wildman–Crippen MR) is 98.8 cm³/mol. The molecule has 0 radical (unpaired) electrons. The van der Waals surface area contributed by atoms with E-state index in [9.17, 15) is 18.3 Å². The molecule has 1 saturated heterocycles. The fourth-order valence-corrected chi connectivity index (χ4v) is 4.12. The van der Waals surface area contributed by atoms with E-state index in [-0.39, 0.29) is 17.4 Å². The summed E-state index contributed by atoms with van der Waals surface area (Å²) in [7, 11) is -1.59. The number of aldehydes is 1. The van der Waals surface area contributed by atoms with E-state index in [1.165, 1.54) is 16.6 Å². The van der Waals surface area contributed by atoms with Crippen molar-refractivity contribution in [1.29, 1.82) is 0 Å². The lowest BCUT2D eigenvalue weighted by molar-refractivity contribution is 0.112. The van der Waals surface area contributed by atoms with Gasteiger partial charge in [-0.1, -0.05) is 12.1 Å². The highest BCUT2D eigenvalue weighted by atomic mass is 32.2. The maximum atomic E-state index is 11.8. The molecule has 1 aliphatic heterocycles. The molecule has 1 fully saturated rings. The van der Waals surface area contributed by atoms with Crippen LogP contribution in [0.1, 0.15) is 23.2 Å². The van der Waals surface area contributed by atoms with Crippen molar-refractivity contribution in [2.75, 3.05) is 31.3 Å². The van der Waals surface area contributed by atoms with Crippen molar-refractivity contribution in [3.8, 4) is 5.75 Å². The topological polar surface area (TPSA) is 77.9 Å². The first-order chi connectivity index (χ1) is 11.8. The molecule has 1 N–H and O–H groups in total. The van der Waals surface area contributed by atoms with Gasteiger partial charge >= 0.3 is 0 Å². The van der Waals surface area contributed by atoms with E-state index in [2.05, 4.69) is 4.90 Å². The van der Waals surface area contributed by atoms with Crippen LogP contribution in [0.2, 0.25) is 0 Å². The number of sulfonamides is 1. The summed E-state index contributed by atoms with van der Waals surface area (Å²) >= 11 is 0. The van der Waals surface area contributed by atoms with E-state index < -0.39 is 10.0 Å². The van der Waals surface area contributed by atoms with E-state index in [1.807, 2.05) is 18.2 Å². The van der Waals surface area contributed by atoms with Crippen LogP contribution < -0.4 is 4.90 Å². The number of phenolic OH excluding ortho intramolecular Hbond substituents is 1. The molecule has 3 rings (SSSR count). The molecule has 0 saturated carbocycles. The van der Waals surface area contributed by atoms with Crippen molar-refractivity contribution >= 4 is 32.8 Å². The van der Waals surface area contributed by atoms with E-state index >= 15 is 0 Å². The number of anilines is 1. The first kappa shape index (κ1) is 17.7. The number of piperidine rings is 1. The minimum Gasteiger partial charge on any atom is -0.507 e. The van der Waals surface area contributed by atoms with E-state index in [4.69, 9.17) is 0 Å². The number of hydrogen-bond acceptors (Lipinski definition) is 5. The van der Waals surface area contributed by atoms with Crippen molar-refractivity contribution in [3.05, 3.63) is 35.9 Å². The van der Waals surface area contributed by atoms with Crippen molar-refractivity contribution in [2.45, 2.75) is 18.9 Å². The highest BCUT2D eigenvalue weighted by Gasteiger charge is 2.28. The smallest absolute Gasteiger partial charge is 0.211 e. The standard InChI is InChI=1S/C18H22N2O4S/c1-19(25(2,23)24)15-4-3-9-20(11-15)14-6-7-16-13(10-14)5-8-18(22)17(16)12-21/h5-8,10,12,15,22H,3-4,9,11H2,1-2H3. The highest BCUT2D eigenvalue weighted by Crippen LogP contribution is 2.30. The lowest BCUT2D eigenvalue weighted by Crippen LogP contribution is -2.48. The Morgan fingerprint density at radius 2 is 2.04 bits per heavy atom. The van der Waals surface area contributed by atoms with Crippen LogP contribution in [-0.2, 0) is 10.0 Å². The van der Waals surface area contributed by atoms with E-state index in [0.29, 0.717) is 18.2 Å². The Morgan fingerprint density at radius 1 is 1.28 bits per heavy atom. The number of carbonyl (C=O) groups is 1. The van der Waals surface area contributed by atoms with Crippen LogP contribution in [0.15, 0.2) is 30.3 Å². The average molecular weight is 362 g/mol. The molecule has 0 amide bonds. The average Bonchev–Trinajstić information content (AvgIpc) is 2.60. The van der Waals surface area contributed by atoms with Gasteiger partial charge in [0.05, 0.1) is 11.8 Å². The Hall–Kier alpha value is -2.12. The number of hydrogen-bond donors (Lipinski definition) is 1. The maximum Gasteiger partial charge on any atom is 0.211 e. The summed E-state index contributed by atoms with van der Waals surface area (Å²) in [6.07, 6.45) is 3.65. The van der Waals surface area contributed by atoms with Crippen molar-refractivity contribution in [2.24, 2.45) is 0 Å². The van der Waals surface area contributed by atoms with Crippen LogP contribution in [0.25, 0.3) is 10.8 Å². The summed E-state index contributed by atoms with van der Waals surface area (Å²) in [6, 6.07) is 8.97. The fourth-order valence-electron chi connectivity index (χ4n) is 3.41. The van der Waals surface area contributed by atoms with E-state index in [1.54, 1.807) is 13.1 Å². The third-order valence-electron chi connectivity index (χ3n) is 4.94. The molecule has 7 heteroatoms. The summed E-state index contributed by atoms with van der Waals surface area (Å²) in [6.45, 7) is 1.49. The van der Waals surface area contributed by atoms with Crippen LogP contribution in [0.3, 0.4) is 0 Å². The molecule has 0 aromatic heterocycles. The second kappa shape index (κ2) is 6.65. The van der Waals surface area contributed by atoms with Crippen LogP contribution in [0.4, 0.5) is 5.69 Å². The molecule has 25 heavy (non-hydrogen) atoms. The summed E-state index contributed by atoms with van der Waals surface area (Å²) < 4.78 is 25.1. The van der Waals surface area contributed by atoms with Gasteiger partial charge in [-0.2, -0.15) is 0 Å². The molecule has 2 aromatic rings. The zero-order valence-electron chi connectivity index (χ0n) is 14.3. The minimum absolute atomic E-state index is 0.0249. The van der Waals surface area contributed by atoms with Gasteiger partial charge < -0.3 is 10.0 Å². The number of benzene rings is 2. The van der Waals surface area contributed by atoms with Crippen LogP contribution in [0, 0.1) is 0 Å². The third kappa shape index (κ3) is 3.48. The molecule has 134 valence electrons. The molecule has 1 unspecified atom stereocenters. The van der Waals surface area contributed by atoms with Gasteiger partial charge in [0.1, 0.15) is 5.75 Å². The third-order valence-corrected chi connectivity index (χ3v) is 6.28. The van der Waals surface area contributed by atoms with Gasteiger partial charge in [-0.15, -0.1) is 0 Å². The Morgan fingerprint density at radius 3 is 2.72 bits per heavy atom. The van der Waals surface area contributed by atoms with Crippen LogP contribution >= 0.6 is 0 Å². The SMILES string of the molecule is CN(C1CCCN(c2ccc3c(C=O)c(O)ccc3c2)C1)S(C)(=O)=O. The van der Waals surface area contributed by atoms with Crippen LogP contribution in [-0.4, -0.2) is 56.6 Å². The Labute approximate surface area is 147 Å². The van der Waals surface area contributed by atoms with Gasteiger partial charge in [-0.3, -0.25) is 4.79 Å². The first-order valence-corrected chi connectivity index (χ1v) is 10.0. The molecule has 1 heterocycles. The van der Waals surface area contributed by atoms with Gasteiger partial charge in [-0.05, 0) is 41.8 Å². The lowest BCUT2D eigenvalue weighted by atomic mass is 10.0. The second-order valence-electron chi connectivity index (χ2n) is 6.54. The highest BCUT2D eigenvalue weighted by molar-refractivity contribution is 7.88. The molecule has 0 bridgehead atoms. The monoisotopic (exact) mass is 362 g/mol. The zero-order chi connectivity index (χ0) is 18.2. The van der Waals surface area contributed by atoms with Crippen LogP contribution in [0.5, 0.6) is 5.75 Å².